The number of carbonyl (C=O) groups is 2. The lowest BCUT2D eigenvalue weighted by molar-refractivity contribution is -0.132. The average molecular weight is 456 g/mol. The highest BCUT2D eigenvalue weighted by Gasteiger charge is 2.48. The van der Waals surface area contributed by atoms with Crippen molar-refractivity contribution >= 4 is 23.1 Å². The Bertz CT molecular complexity index is 1310. The van der Waals surface area contributed by atoms with Crippen LogP contribution in [0.5, 0.6) is 5.75 Å². The Morgan fingerprint density at radius 3 is 2.50 bits per heavy atom. The van der Waals surface area contributed by atoms with Crippen molar-refractivity contribution < 1.29 is 23.8 Å². The molecule has 0 saturated carbocycles. The monoisotopic (exact) mass is 456 g/mol. The fraction of sp³-hybridized carbons (Fsp3) is 0.222. The van der Waals surface area contributed by atoms with E-state index in [0.29, 0.717) is 46.6 Å². The molecule has 2 aromatic carbocycles. The van der Waals surface area contributed by atoms with Gasteiger partial charge in [-0.1, -0.05) is 26.0 Å². The zero-order valence-electron chi connectivity index (χ0n) is 19.1. The number of aliphatic hydroxyl groups is 1. The van der Waals surface area contributed by atoms with Crippen LogP contribution in [0.3, 0.4) is 0 Å². The number of aliphatic hydroxyl groups excluding tert-OH is 1. The van der Waals surface area contributed by atoms with Gasteiger partial charge in [-0.05, 0) is 61.4 Å². The van der Waals surface area contributed by atoms with E-state index in [1.54, 1.807) is 67.6 Å². The molecule has 1 N–H and O–H groups in total. The fourth-order valence-electron chi connectivity index (χ4n) is 3.82. The summed E-state index contributed by atoms with van der Waals surface area (Å²) in [4.78, 5) is 27.6. The molecule has 2 heterocycles. The molecule has 7 heteroatoms. The normalized spacial score (nSPS) is 17.3. The molecule has 34 heavy (non-hydrogen) atoms. The molecule has 172 valence electrons. The van der Waals surface area contributed by atoms with Crippen LogP contribution in [-0.2, 0) is 9.59 Å². The van der Waals surface area contributed by atoms with Gasteiger partial charge >= 0.3 is 0 Å². The van der Waals surface area contributed by atoms with Crippen LogP contribution in [0.2, 0.25) is 0 Å². The van der Waals surface area contributed by atoms with Crippen LogP contribution in [0, 0.1) is 24.2 Å². The van der Waals surface area contributed by atoms with E-state index in [-0.39, 0.29) is 11.3 Å². The molecule has 1 unspecified atom stereocenters. The molecule has 7 nitrogen and oxygen atoms in total. The van der Waals surface area contributed by atoms with Crippen molar-refractivity contribution in [2.45, 2.75) is 26.8 Å². The number of aryl methyl sites for hydroxylation is 1. The third-order valence-electron chi connectivity index (χ3n) is 5.44. The average Bonchev–Trinajstić information content (AvgIpc) is 3.38. The van der Waals surface area contributed by atoms with E-state index >= 15 is 0 Å². The largest absolute Gasteiger partial charge is 0.507 e. The van der Waals surface area contributed by atoms with Gasteiger partial charge < -0.3 is 14.3 Å². The summed E-state index contributed by atoms with van der Waals surface area (Å²) in [6.45, 7) is 6.31. The Kier molecular flexibility index (Phi) is 6.24. The second kappa shape index (κ2) is 9.28. The third kappa shape index (κ3) is 4.30. The number of nitriles is 1. The first-order valence-corrected chi connectivity index (χ1v) is 10.9. The van der Waals surface area contributed by atoms with Crippen LogP contribution in [-0.4, -0.2) is 23.4 Å². The molecular formula is C27H24N2O5. The highest BCUT2D eigenvalue weighted by molar-refractivity contribution is 6.51. The van der Waals surface area contributed by atoms with E-state index in [1.165, 1.54) is 4.90 Å². The van der Waals surface area contributed by atoms with Crippen molar-refractivity contribution in [1.82, 2.24) is 0 Å². The summed E-state index contributed by atoms with van der Waals surface area (Å²) in [5.41, 5.74) is 1.11. The summed E-state index contributed by atoms with van der Waals surface area (Å²) in [7, 11) is 0. The molecule has 4 rings (SSSR count). The molecule has 1 atom stereocenters. The zero-order chi connectivity index (χ0) is 24.4. The van der Waals surface area contributed by atoms with Gasteiger partial charge in [0.1, 0.15) is 29.1 Å². The molecule has 0 spiro atoms. The summed E-state index contributed by atoms with van der Waals surface area (Å²) >= 11 is 0. The Morgan fingerprint density at radius 2 is 1.88 bits per heavy atom. The van der Waals surface area contributed by atoms with Gasteiger partial charge in [0, 0.05) is 11.3 Å². The van der Waals surface area contributed by atoms with Crippen LogP contribution < -0.4 is 9.64 Å². The Hall–Kier alpha value is -4.31. The zero-order valence-corrected chi connectivity index (χ0v) is 19.1. The predicted octanol–water partition coefficient (Wildman–Crippen LogP) is 5.12. The van der Waals surface area contributed by atoms with Gasteiger partial charge in [0.25, 0.3) is 11.7 Å². The molecule has 1 fully saturated rings. The minimum absolute atomic E-state index is 0.0790. The summed E-state index contributed by atoms with van der Waals surface area (Å²) in [6, 6.07) is 17.5. The van der Waals surface area contributed by atoms with Crippen molar-refractivity contribution in [3.8, 4) is 11.8 Å². The molecule has 0 bridgehead atoms. The van der Waals surface area contributed by atoms with Crippen LogP contribution >= 0.6 is 0 Å². The second-order valence-corrected chi connectivity index (χ2v) is 8.51. The van der Waals surface area contributed by atoms with Gasteiger partial charge in [-0.2, -0.15) is 5.26 Å². The predicted molar refractivity (Wildman–Crippen MR) is 126 cm³/mol. The lowest BCUT2D eigenvalue weighted by atomic mass is 9.99. The topological polar surface area (TPSA) is 104 Å². The summed E-state index contributed by atoms with van der Waals surface area (Å²) < 4.78 is 11.6. The first-order chi connectivity index (χ1) is 16.3. The van der Waals surface area contributed by atoms with Gasteiger partial charge in [-0.3, -0.25) is 14.5 Å². The van der Waals surface area contributed by atoms with Crippen molar-refractivity contribution in [2.75, 3.05) is 11.5 Å². The molecule has 3 aromatic rings. The molecule has 1 saturated heterocycles. The number of carbonyl (C=O) groups excluding carboxylic acids is 2. The number of Topliss-reactive ketones (excluding diaryl/α,β-unsaturated/α-hetero) is 1. The number of hydrogen-bond donors (Lipinski definition) is 1. The van der Waals surface area contributed by atoms with E-state index < -0.39 is 17.7 Å². The number of anilines is 1. The number of amides is 1. The maximum Gasteiger partial charge on any atom is 0.300 e. The molecule has 1 aliphatic heterocycles. The smallest absolute Gasteiger partial charge is 0.300 e. The lowest BCUT2D eigenvalue weighted by Crippen LogP contribution is -2.29. The Morgan fingerprint density at radius 1 is 1.15 bits per heavy atom. The number of benzene rings is 2. The summed E-state index contributed by atoms with van der Waals surface area (Å²) in [5.74, 6) is -0.128. The van der Waals surface area contributed by atoms with Gasteiger partial charge in [0.05, 0.1) is 23.8 Å². The van der Waals surface area contributed by atoms with E-state index in [4.69, 9.17) is 14.4 Å². The molecule has 0 aliphatic carbocycles. The first kappa shape index (κ1) is 22.9. The summed E-state index contributed by atoms with van der Waals surface area (Å²) in [5, 5.41) is 20.3. The van der Waals surface area contributed by atoms with E-state index in [2.05, 4.69) is 0 Å². The van der Waals surface area contributed by atoms with E-state index in [9.17, 15) is 14.7 Å². The standard InChI is InChI=1S/C27H24N2O5/c1-16(2)15-33-21-6-4-5-19(13-21)25(30)23-24(22-12-7-17(3)34-22)29(27(32)26(23)31)20-10-8-18(14-28)9-11-20/h4-13,16,24,30H,15H2,1-3H3/b25-23-. The molecule has 1 aromatic heterocycles. The van der Waals surface area contributed by atoms with Crippen LogP contribution in [0.4, 0.5) is 5.69 Å². The van der Waals surface area contributed by atoms with Gasteiger partial charge in [-0.25, -0.2) is 0 Å². The van der Waals surface area contributed by atoms with Crippen LogP contribution in [0.25, 0.3) is 5.76 Å². The quantitative estimate of drug-likeness (QED) is 0.314. The van der Waals surface area contributed by atoms with Crippen molar-refractivity contribution in [3.05, 3.63) is 88.9 Å². The van der Waals surface area contributed by atoms with E-state index in [1.807, 2.05) is 19.9 Å². The first-order valence-electron chi connectivity index (χ1n) is 10.9. The Balaban J connectivity index is 1.84. The number of rotatable bonds is 6. The highest BCUT2D eigenvalue weighted by Crippen LogP contribution is 2.42. The van der Waals surface area contributed by atoms with Crippen molar-refractivity contribution in [2.24, 2.45) is 5.92 Å². The molecule has 1 amide bonds. The van der Waals surface area contributed by atoms with Crippen molar-refractivity contribution in [1.29, 1.82) is 5.26 Å². The second-order valence-electron chi connectivity index (χ2n) is 8.51. The number of nitrogens with zero attached hydrogens (tertiary/aromatic N) is 2. The molecular weight excluding hydrogens is 432 g/mol. The third-order valence-corrected chi connectivity index (χ3v) is 5.44. The van der Waals surface area contributed by atoms with Gasteiger partial charge in [-0.15, -0.1) is 0 Å². The van der Waals surface area contributed by atoms with E-state index in [0.717, 1.165) is 0 Å². The number of ketones is 1. The maximum atomic E-state index is 13.2. The summed E-state index contributed by atoms with van der Waals surface area (Å²) in [6.07, 6.45) is 0. The maximum absolute atomic E-state index is 13.2. The van der Waals surface area contributed by atoms with Crippen molar-refractivity contribution in [3.63, 3.8) is 0 Å². The van der Waals surface area contributed by atoms with Crippen LogP contribution in [0.15, 0.2) is 70.7 Å². The number of hydrogen-bond acceptors (Lipinski definition) is 6. The van der Waals surface area contributed by atoms with Crippen LogP contribution in [0.1, 0.15) is 42.5 Å². The molecule has 0 radical (unpaired) electrons. The minimum atomic E-state index is -0.970. The van der Waals surface area contributed by atoms with Gasteiger partial charge in [0.15, 0.2) is 0 Å². The van der Waals surface area contributed by atoms with Gasteiger partial charge in [0.2, 0.25) is 0 Å². The fourth-order valence-corrected chi connectivity index (χ4v) is 3.82. The number of furan rings is 1. The number of ether oxygens (including phenoxy) is 1. The minimum Gasteiger partial charge on any atom is -0.507 e. The lowest BCUT2D eigenvalue weighted by Gasteiger charge is -2.23. The molecule has 1 aliphatic rings. The highest BCUT2D eigenvalue weighted by atomic mass is 16.5. The SMILES string of the molecule is Cc1ccc(C2/C(=C(/O)c3cccc(OCC(C)C)c3)C(=O)C(=O)N2c2ccc(C#N)cc2)o1. The Labute approximate surface area is 197 Å².